The van der Waals surface area contributed by atoms with Crippen LogP contribution < -0.4 is 0 Å². The van der Waals surface area contributed by atoms with E-state index in [-0.39, 0.29) is 0 Å². The standard InChI is InChI=1S/C19H15N3S/c1-13-19(22-17-10-3-2-9-16(17)21-13)23-12-15-7-4-6-14-8-5-11-20-18(14)15/h2-11H,12H2,1H3. The van der Waals surface area contributed by atoms with Crippen molar-refractivity contribution in [2.45, 2.75) is 17.7 Å². The molecule has 23 heavy (non-hydrogen) atoms. The van der Waals surface area contributed by atoms with Gasteiger partial charge in [0.05, 0.1) is 22.2 Å². The van der Waals surface area contributed by atoms with Crippen molar-refractivity contribution in [2.24, 2.45) is 0 Å². The first-order chi connectivity index (χ1) is 11.3. The van der Waals surface area contributed by atoms with Crippen molar-refractivity contribution >= 4 is 33.7 Å². The second-order valence-electron chi connectivity index (χ2n) is 5.38. The highest BCUT2D eigenvalue weighted by Crippen LogP contribution is 2.27. The van der Waals surface area contributed by atoms with Crippen LogP contribution in [0.3, 0.4) is 0 Å². The van der Waals surface area contributed by atoms with E-state index in [1.54, 1.807) is 11.8 Å². The Hall–Kier alpha value is -2.46. The van der Waals surface area contributed by atoms with Crippen molar-refractivity contribution in [1.29, 1.82) is 0 Å². The van der Waals surface area contributed by atoms with Gasteiger partial charge >= 0.3 is 0 Å². The Kier molecular flexibility index (Phi) is 3.67. The molecule has 0 N–H and O–H groups in total. The van der Waals surface area contributed by atoms with E-state index in [0.29, 0.717) is 0 Å². The second kappa shape index (κ2) is 5.97. The summed E-state index contributed by atoms with van der Waals surface area (Å²) in [6.45, 7) is 2.02. The van der Waals surface area contributed by atoms with Crippen LogP contribution in [0.15, 0.2) is 65.8 Å². The van der Waals surface area contributed by atoms with Crippen LogP contribution in [0.2, 0.25) is 0 Å². The molecule has 2 heterocycles. The number of thioether (sulfide) groups is 1. The maximum Gasteiger partial charge on any atom is 0.118 e. The molecule has 0 aliphatic rings. The van der Waals surface area contributed by atoms with E-state index in [9.17, 15) is 0 Å². The third kappa shape index (κ3) is 2.78. The average molecular weight is 317 g/mol. The van der Waals surface area contributed by atoms with Crippen LogP contribution in [-0.2, 0) is 5.75 Å². The SMILES string of the molecule is Cc1nc2ccccc2nc1SCc1cccc2cccnc12. The Bertz CT molecular complexity index is 993. The summed E-state index contributed by atoms with van der Waals surface area (Å²) in [5, 5.41) is 2.16. The fourth-order valence-electron chi connectivity index (χ4n) is 2.64. The van der Waals surface area contributed by atoms with Gasteiger partial charge in [0.25, 0.3) is 0 Å². The fraction of sp³-hybridized carbons (Fsp3) is 0.105. The molecular formula is C19H15N3S. The number of para-hydroxylation sites is 3. The largest absolute Gasteiger partial charge is 0.256 e. The van der Waals surface area contributed by atoms with Crippen molar-refractivity contribution < 1.29 is 0 Å². The van der Waals surface area contributed by atoms with Gasteiger partial charge in [-0.25, -0.2) is 9.97 Å². The first-order valence-corrected chi connectivity index (χ1v) is 8.48. The maximum atomic E-state index is 4.75. The number of rotatable bonds is 3. The van der Waals surface area contributed by atoms with E-state index in [4.69, 9.17) is 4.98 Å². The van der Waals surface area contributed by atoms with E-state index in [1.165, 1.54) is 10.9 Å². The lowest BCUT2D eigenvalue weighted by Gasteiger charge is -2.08. The van der Waals surface area contributed by atoms with Gasteiger partial charge in [-0.05, 0) is 30.7 Å². The minimum atomic E-state index is 0.836. The zero-order chi connectivity index (χ0) is 15.6. The fourth-order valence-corrected chi connectivity index (χ4v) is 3.58. The molecule has 2 aromatic carbocycles. The van der Waals surface area contributed by atoms with Crippen molar-refractivity contribution in [1.82, 2.24) is 15.0 Å². The summed E-state index contributed by atoms with van der Waals surface area (Å²) in [5.74, 6) is 0.836. The predicted molar refractivity (Wildman–Crippen MR) is 95.6 cm³/mol. The Morgan fingerprint density at radius 3 is 2.52 bits per heavy atom. The number of aromatic nitrogens is 3. The highest BCUT2D eigenvalue weighted by atomic mass is 32.2. The summed E-state index contributed by atoms with van der Waals surface area (Å²) in [7, 11) is 0. The lowest BCUT2D eigenvalue weighted by molar-refractivity contribution is 1.04. The minimum Gasteiger partial charge on any atom is -0.256 e. The number of nitrogens with zero attached hydrogens (tertiary/aromatic N) is 3. The summed E-state index contributed by atoms with van der Waals surface area (Å²) in [4.78, 5) is 13.9. The van der Waals surface area contributed by atoms with Gasteiger partial charge in [-0.2, -0.15) is 0 Å². The van der Waals surface area contributed by atoms with E-state index in [0.717, 1.165) is 33.0 Å². The molecule has 0 saturated heterocycles. The van der Waals surface area contributed by atoms with Gasteiger partial charge in [0, 0.05) is 17.3 Å². The summed E-state index contributed by atoms with van der Waals surface area (Å²) in [6, 6.07) is 18.4. The van der Waals surface area contributed by atoms with Crippen molar-refractivity contribution in [2.75, 3.05) is 0 Å². The molecule has 112 valence electrons. The van der Waals surface area contributed by atoms with Crippen LogP contribution in [0.4, 0.5) is 0 Å². The first kappa shape index (κ1) is 14.2. The van der Waals surface area contributed by atoms with Crippen LogP contribution in [0.25, 0.3) is 21.9 Å². The number of pyridine rings is 1. The number of benzene rings is 2. The van der Waals surface area contributed by atoms with Crippen molar-refractivity contribution in [3.63, 3.8) is 0 Å². The molecule has 0 unspecified atom stereocenters. The normalized spacial score (nSPS) is 11.2. The van der Waals surface area contributed by atoms with Crippen molar-refractivity contribution in [3.8, 4) is 0 Å². The molecule has 3 nitrogen and oxygen atoms in total. The molecule has 0 aliphatic heterocycles. The smallest absolute Gasteiger partial charge is 0.118 e. The van der Waals surface area contributed by atoms with Crippen molar-refractivity contribution in [3.05, 3.63) is 72.1 Å². The zero-order valence-electron chi connectivity index (χ0n) is 12.7. The maximum absolute atomic E-state index is 4.75. The molecular weight excluding hydrogens is 302 g/mol. The molecule has 4 heteroatoms. The summed E-state index contributed by atoms with van der Waals surface area (Å²) < 4.78 is 0. The summed E-state index contributed by atoms with van der Waals surface area (Å²) in [6.07, 6.45) is 1.84. The molecule has 4 aromatic rings. The Morgan fingerprint density at radius 2 is 1.65 bits per heavy atom. The van der Waals surface area contributed by atoms with Crippen LogP contribution >= 0.6 is 11.8 Å². The van der Waals surface area contributed by atoms with Crippen LogP contribution in [0, 0.1) is 6.92 Å². The Balaban J connectivity index is 1.67. The van der Waals surface area contributed by atoms with E-state index < -0.39 is 0 Å². The average Bonchev–Trinajstić information content (AvgIpc) is 2.60. The predicted octanol–water partition coefficient (Wildman–Crippen LogP) is 4.78. The lowest BCUT2D eigenvalue weighted by atomic mass is 10.1. The minimum absolute atomic E-state index is 0.836. The summed E-state index contributed by atoms with van der Waals surface area (Å²) in [5.41, 5.74) is 5.15. The van der Waals surface area contributed by atoms with Crippen LogP contribution in [0.1, 0.15) is 11.3 Å². The molecule has 0 aliphatic carbocycles. The van der Waals surface area contributed by atoms with Gasteiger partial charge < -0.3 is 0 Å². The van der Waals surface area contributed by atoms with Gasteiger partial charge in [-0.15, -0.1) is 0 Å². The quantitative estimate of drug-likeness (QED) is 0.510. The molecule has 0 atom stereocenters. The molecule has 0 spiro atoms. The first-order valence-electron chi connectivity index (χ1n) is 7.50. The number of hydrogen-bond acceptors (Lipinski definition) is 4. The molecule has 0 saturated carbocycles. The summed E-state index contributed by atoms with van der Waals surface area (Å²) >= 11 is 1.72. The van der Waals surface area contributed by atoms with Gasteiger partial charge in [0.2, 0.25) is 0 Å². The van der Waals surface area contributed by atoms with Crippen LogP contribution in [0.5, 0.6) is 0 Å². The molecule has 0 bridgehead atoms. The van der Waals surface area contributed by atoms with E-state index >= 15 is 0 Å². The molecule has 0 fully saturated rings. The van der Waals surface area contributed by atoms with Gasteiger partial charge in [0.15, 0.2) is 0 Å². The second-order valence-corrected chi connectivity index (χ2v) is 6.35. The third-order valence-electron chi connectivity index (χ3n) is 3.78. The lowest BCUT2D eigenvalue weighted by Crippen LogP contribution is -1.94. The zero-order valence-corrected chi connectivity index (χ0v) is 13.5. The van der Waals surface area contributed by atoms with Crippen LogP contribution in [-0.4, -0.2) is 15.0 Å². The molecule has 4 rings (SSSR count). The Morgan fingerprint density at radius 1 is 0.870 bits per heavy atom. The van der Waals surface area contributed by atoms with Gasteiger partial charge in [-0.3, -0.25) is 4.98 Å². The van der Waals surface area contributed by atoms with E-state index in [2.05, 4.69) is 34.2 Å². The van der Waals surface area contributed by atoms with Gasteiger partial charge in [-0.1, -0.05) is 48.2 Å². The number of aryl methyl sites for hydroxylation is 1. The van der Waals surface area contributed by atoms with E-state index in [1.807, 2.05) is 43.5 Å². The molecule has 0 radical (unpaired) electrons. The third-order valence-corrected chi connectivity index (χ3v) is 4.90. The highest BCUT2D eigenvalue weighted by Gasteiger charge is 2.08. The van der Waals surface area contributed by atoms with Gasteiger partial charge in [0.1, 0.15) is 5.03 Å². The molecule has 2 aromatic heterocycles. The monoisotopic (exact) mass is 317 g/mol. The molecule has 0 amide bonds. The Labute approximate surface area is 138 Å². The highest BCUT2D eigenvalue weighted by molar-refractivity contribution is 7.98. The number of hydrogen-bond donors (Lipinski definition) is 0. The number of fused-ring (bicyclic) bond motifs is 2. The topological polar surface area (TPSA) is 38.7 Å².